The van der Waals surface area contributed by atoms with E-state index in [0.29, 0.717) is 30.9 Å². The van der Waals surface area contributed by atoms with Crippen LogP contribution in [0.1, 0.15) is 30.9 Å². The van der Waals surface area contributed by atoms with Crippen molar-refractivity contribution < 1.29 is 13.2 Å². The van der Waals surface area contributed by atoms with Crippen molar-refractivity contribution in [3.8, 4) is 0 Å². The van der Waals surface area contributed by atoms with Gasteiger partial charge in [-0.15, -0.1) is 0 Å². The third-order valence-electron chi connectivity index (χ3n) is 4.01. The van der Waals surface area contributed by atoms with Gasteiger partial charge in [0.2, 0.25) is 10.0 Å². The van der Waals surface area contributed by atoms with Crippen LogP contribution in [0.15, 0.2) is 17.0 Å². The highest BCUT2D eigenvalue weighted by atomic mass is 32.2. The summed E-state index contributed by atoms with van der Waals surface area (Å²) in [5.74, 6) is 0. The van der Waals surface area contributed by atoms with E-state index in [2.05, 4.69) is 0 Å². The summed E-state index contributed by atoms with van der Waals surface area (Å²) in [6, 6.07) is 3.66. The highest BCUT2D eigenvalue weighted by Crippen LogP contribution is 2.30. The minimum absolute atomic E-state index is 0.164. The van der Waals surface area contributed by atoms with Crippen LogP contribution in [0.3, 0.4) is 0 Å². The number of sulfonamides is 1. The van der Waals surface area contributed by atoms with Gasteiger partial charge in [0.1, 0.15) is 4.90 Å². The molecule has 2 N–H and O–H groups in total. The quantitative estimate of drug-likeness (QED) is 0.864. The molecule has 0 saturated carbocycles. The SMILES string of the molecule is CCOC1CCN(S(=O)(=O)c2c(C)ccc(C)c2N)CC1. The maximum atomic E-state index is 12.9. The third-order valence-corrected chi connectivity index (χ3v) is 6.11. The van der Waals surface area contributed by atoms with Crippen LogP contribution in [0.4, 0.5) is 5.69 Å². The molecule has 0 amide bonds. The number of nitrogen functional groups attached to an aromatic ring is 1. The Bertz CT molecular complexity index is 606. The molecule has 0 aliphatic carbocycles. The fourth-order valence-electron chi connectivity index (χ4n) is 2.75. The summed E-state index contributed by atoms with van der Waals surface area (Å²) in [5, 5.41) is 0. The highest BCUT2D eigenvalue weighted by molar-refractivity contribution is 7.89. The third kappa shape index (κ3) is 3.22. The van der Waals surface area contributed by atoms with E-state index in [4.69, 9.17) is 10.5 Å². The molecule has 1 saturated heterocycles. The Hall–Kier alpha value is -1.11. The number of hydrogen-bond donors (Lipinski definition) is 1. The first-order valence-electron chi connectivity index (χ1n) is 7.35. The lowest BCUT2D eigenvalue weighted by Crippen LogP contribution is -2.41. The van der Waals surface area contributed by atoms with E-state index < -0.39 is 10.0 Å². The molecule has 1 aromatic carbocycles. The molecule has 2 rings (SSSR count). The predicted octanol–water partition coefficient (Wildman–Crippen LogP) is 2.08. The molecule has 0 radical (unpaired) electrons. The summed E-state index contributed by atoms with van der Waals surface area (Å²) < 4.78 is 32.8. The molecule has 1 fully saturated rings. The zero-order valence-electron chi connectivity index (χ0n) is 12.9. The van der Waals surface area contributed by atoms with Crippen LogP contribution in [0.5, 0.6) is 0 Å². The molecule has 1 aromatic rings. The summed E-state index contributed by atoms with van der Waals surface area (Å²) in [6.45, 7) is 7.21. The van der Waals surface area contributed by atoms with E-state index in [0.717, 1.165) is 18.4 Å². The fourth-order valence-corrected chi connectivity index (χ4v) is 4.62. The number of nitrogens with two attached hydrogens (primary N) is 1. The molecule has 0 aromatic heterocycles. The summed E-state index contributed by atoms with van der Waals surface area (Å²) in [5.41, 5.74) is 7.88. The minimum atomic E-state index is -3.53. The highest BCUT2D eigenvalue weighted by Gasteiger charge is 2.32. The maximum absolute atomic E-state index is 12.9. The average molecular weight is 312 g/mol. The van der Waals surface area contributed by atoms with E-state index in [1.54, 1.807) is 6.92 Å². The molecule has 21 heavy (non-hydrogen) atoms. The fraction of sp³-hybridized carbons (Fsp3) is 0.600. The van der Waals surface area contributed by atoms with Gasteiger partial charge in [-0.25, -0.2) is 8.42 Å². The van der Waals surface area contributed by atoms with E-state index in [-0.39, 0.29) is 11.0 Å². The Labute approximate surface area is 127 Å². The van der Waals surface area contributed by atoms with Gasteiger partial charge in [-0.2, -0.15) is 4.31 Å². The second kappa shape index (κ2) is 6.34. The molecule has 1 heterocycles. The second-order valence-electron chi connectivity index (χ2n) is 5.50. The van der Waals surface area contributed by atoms with Gasteiger partial charge in [-0.1, -0.05) is 12.1 Å². The normalized spacial score (nSPS) is 18.0. The van der Waals surface area contributed by atoms with Gasteiger partial charge < -0.3 is 10.5 Å². The molecule has 0 atom stereocenters. The molecule has 0 spiro atoms. The number of ether oxygens (including phenoxy) is 1. The molecule has 1 aliphatic heterocycles. The average Bonchev–Trinajstić information content (AvgIpc) is 2.44. The number of anilines is 1. The lowest BCUT2D eigenvalue weighted by molar-refractivity contribution is 0.0290. The van der Waals surface area contributed by atoms with Gasteiger partial charge in [0.25, 0.3) is 0 Å². The molecule has 0 unspecified atom stereocenters. The molecule has 1 aliphatic rings. The van der Waals surface area contributed by atoms with Gasteiger partial charge in [0.15, 0.2) is 0 Å². The monoisotopic (exact) mass is 312 g/mol. The minimum Gasteiger partial charge on any atom is -0.397 e. The summed E-state index contributed by atoms with van der Waals surface area (Å²) in [7, 11) is -3.53. The van der Waals surface area contributed by atoms with Crippen molar-refractivity contribution in [1.29, 1.82) is 0 Å². The zero-order valence-corrected chi connectivity index (χ0v) is 13.7. The molecular formula is C15H24N2O3S. The number of rotatable bonds is 4. The van der Waals surface area contributed by atoms with Crippen LogP contribution in [-0.2, 0) is 14.8 Å². The van der Waals surface area contributed by atoms with Crippen LogP contribution in [0, 0.1) is 13.8 Å². The number of hydrogen-bond acceptors (Lipinski definition) is 4. The van der Waals surface area contributed by atoms with Crippen molar-refractivity contribution in [3.05, 3.63) is 23.3 Å². The van der Waals surface area contributed by atoms with Gasteiger partial charge in [0.05, 0.1) is 11.8 Å². The maximum Gasteiger partial charge on any atom is 0.245 e. The van der Waals surface area contributed by atoms with Gasteiger partial charge in [-0.05, 0) is 44.7 Å². The van der Waals surface area contributed by atoms with Crippen molar-refractivity contribution in [2.24, 2.45) is 0 Å². The Morgan fingerprint density at radius 1 is 1.24 bits per heavy atom. The van der Waals surface area contributed by atoms with Crippen LogP contribution in [-0.4, -0.2) is 38.5 Å². The number of benzene rings is 1. The standard InChI is InChI=1S/C15H24N2O3S/c1-4-20-13-7-9-17(10-8-13)21(18,19)15-12(3)6-5-11(2)14(15)16/h5-6,13H,4,7-10,16H2,1-3H3. The van der Waals surface area contributed by atoms with Crippen molar-refractivity contribution in [1.82, 2.24) is 4.31 Å². The molecule has 5 nitrogen and oxygen atoms in total. The lowest BCUT2D eigenvalue weighted by Gasteiger charge is -2.31. The van der Waals surface area contributed by atoms with E-state index >= 15 is 0 Å². The van der Waals surface area contributed by atoms with E-state index in [1.807, 2.05) is 26.0 Å². The van der Waals surface area contributed by atoms with Crippen LogP contribution >= 0.6 is 0 Å². The number of aryl methyl sites for hydroxylation is 2. The van der Waals surface area contributed by atoms with Crippen molar-refractivity contribution in [3.63, 3.8) is 0 Å². The number of nitrogens with zero attached hydrogens (tertiary/aromatic N) is 1. The summed E-state index contributed by atoms with van der Waals surface area (Å²) >= 11 is 0. The summed E-state index contributed by atoms with van der Waals surface area (Å²) in [4.78, 5) is 0.261. The van der Waals surface area contributed by atoms with E-state index in [9.17, 15) is 8.42 Å². The predicted molar refractivity (Wildman–Crippen MR) is 83.7 cm³/mol. The number of piperidine rings is 1. The van der Waals surface area contributed by atoms with Crippen molar-refractivity contribution >= 4 is 15.7 Å². The lowest BCUT2D eigenvalue weighted by atomic mass is 10.1. The molecule has 0 bridgehead atoms. The van der Waals surface area contributed by atoms with Crippen LogP contribution < -0.4 is 5.73 Å². The molecule has 118 valence electrons. The topological polar surface area (TPSA) is 72.6 Å². The second-order valence-corrected chi connectivity index (χ2v) is 7.38. The zero-order chi connectivity index (χ0) is 15.6. The van der Waals surface area contributed by atoms with Crippen LogP contribution in [0.25, 0.3) is 0 Å². The Kier molecular flexibility index (Phi) is 4.91. The van der Waals surface area contributed by atoms with Crippen molar-refractivity contribution in [2.45, 2.75) is 44.6 Å². The Balaban J connectivity index is 2.26. The summed E-state index contributed by atoms with van der Waals surface area (Å²) in [6.07, 6.45) is 1.63. The van der Waals surface area contributed by atoms with E-state index in [1.165, 1.54) is 4.31 Å². The van der Waals surface area contributed by atoms with Gasteiger partial charge >= 0.3 is 0 Å². The first kappa shape index (κ1) is 16.3. The first-order valence-corrected chi connectivity index (χ1v) is 8.79. The molecular weight excluding hydrogens is 288 g/mol. The largest absolute Gasteiger partial charge is 0.397 e. The smallest absolute Gasteiger partial charge is 0.245 e. The Morgan fingerprint density at radius 3 is 2.38 bits per heavy atom. The van der Waals surface area contributed by atoms with Crippen LogP contribution in [0.2, 0.25) is 0 Å². The van der Waals surface area contributed by atoms with Gasteiger partial charge in [0, 0.05) is 19.7 Å². The molecule has 6 heteroatoms. The Morgan fingerprint density at radius 2 is 1.81 bits per heavy atom. The first-order chi connectivity index (χ1) is 9.87. The van der Waals surface area contributed by atoms with Crippen molar-refractivity contribution in [2.75, 3.05) is 25.4 Å². The van der Waals surface area contributed by atoms with Gasteiger partial charge in [-0.3, -0.25) is 0 Å².